The second-order valence-electron chi connectivity index (χ2n) is 6.48. The van der Waals surface area contributed by atoms with Gasteiger partial charge >= 0.3 is 0 Å². The first-order valence-corrected chi connectivity index (χ1v) is 9.56. The normalized spacial score (nSPS) is 18.1. The van der Waals surface area contributed by atoms with E-state index in [0.29, 0.717) is 35.5 Å². The van der Waals surface area contributed by atoms with Crippen molar-refractivity contribution in [2.75, 3.05) is 23.7 Å². The molecule has 1 saturated heterocycles. The highest BCUT2D eigenvalue weighted by molar-refractivity contribution is 7.90. The fourth-order valence-corrected chi connectivity index (χ4v) is 4.68. The van der Waals surface area contributed by atoms with E-state index in [-0.39, 0.29) is 10.8 Å². The van der Waals surface area contributed by atoms with Gasteiger partial charge in [-0.3, -0.25) is 4.79 Å². The Balaban J connectivity index is 1.68. The van der Waals surface area contributed by atoms with Crippen LogP contribution in [0, 0.1) is 0 Å². The van der Waals surface area contributed by atoms with Crippen LogP contribution in [-0.2, 0) is 14.8 Å². The first-order chi connectivity index (χ1) is 12.5. The van der Waals surface area contributed by atoms with Gasteiger partial charge in [0.1, 0.15) is 5.54 Å². The van der Waals surface area contributed by atoms with Gasteiger partial charge in [-0.1, -0.05) is 18.2 Å². The molecule has 0 bridgehead atoms. The third-order valence-electron chi connectivity index (χ3n) is 4.88. The highest BCUT2D eigenvalue weighted by Gasteiger charge is 2.47. The van der Waals surface area contributed by atoms with Crippen LogP contribution >= 0.6 is 0 Å². The number of rotatable bonds is 2. The van der Waals surface area contributed by atoms with Crippen molar-refractivity contribution in [3.8, 4) is 0 Å². The zero-order chi connectivity index (χ0) is 17.9. The van der Waals surface area contributed by atoms with Crippen LogP contribution in [0.4, 0.5) is 11.4 Å². The molecule has 4 heterocycles. The van der Waals surface area contributed by atoms with Gasteiger partial charge in [0, 0.05) is 24.7 Å². The molecular weight excluding hydrogens is 354 g/mol. The molecule has 1 amide bonds. The molecule has 0 saturated carbocycles. The highest BCUT2D eigenvalue weighted by Crippen LogP contribution is 2.38. The van der Waals surface area contributed by atoms with Crippen LogP contribution in [0.5, 0.6) is 0 Å². The van der Waals surface area contributed by atoms with Gasteiger partial charge in [-0.05, 0) is 18.2 Å². The molecule has 1 aromatic carbocycles. The molecular formula is C17H15N5O3S. The monoisotopic (exact) mass is 369 g/mol. The smallest absolute Gasteiger partial charge is 0.269 e. The number of hydrogen-bond donors (Lipinski definition) is 3. The maximum Gasteiger partial charge on any atom is 0.269 e. The Labute approximate surface area is 149 Å². The lowest BCUT2D eigenvalue weighted by Gasteiger charge is -2.45. The summed E-state index contributed by atoms with van der Waals surface area (Å²) in [6, 6.07) is 9.92. The quantitative estimate of drug-likeness (QED) is 0.622. The van der Waals surface area contributed by atoms with Crippen LogP contribution in [0.15, 0.2) is 53.7 Å². The number of benzene rings is 1. The molecule has 1 spiro atoms. The van der Waals surface area contributed by atoms with Gasteiger partial charge in [0.2, 0.25) is 0 Å². The standard InChI is InChI=1S/C17H15N5O3S/c23-16-17(9-18-10-17)21-14-12-6-7-22(15(12)19-8-13(14)20-16)26(24,25)11-4-2-1-3-5-11/h1-8,18,21H,9-10H2,(H,20,23). The topological polar surface area (TPSA) is 105 Å². The molecule has 9 heteroatoms. The van der Waals surface area contributed by atoms with E-state index in [1.807, 2.05) is 0 Å². The maximum absolute atomic E-state index is 12.9. The summed E-state index contributed by atoms with van der Waals surface area (Å²) in [6.45, 7) is 1.04. The van der Waals surface area contributed by atoms with Crippen LogP contribution in [0.2, 0.25) is 0 Å². The highest BCUT2D eigenvalue weighted by atomic mass is 32.2. The lowest BCUT2D eigenvalue weighted by Crippen LogP contribution is -2.71. The van der Waals surface area contributed by atoms with Crippen molar-refractivity contribution in [3.05, 3.63) is 48.8 Å². The molecule has 0 aliphatic carbocycles. The summed E-state index contributed by atoms with van der Waals surface area (Å²) in [5.74, 6) is -0.110. The first-order valence-electron chi connectivity index (χ1n) is 8.12. The number of anilines is 2. The predicted octanol–water partition coefficient (Wildman–Crippen LogP) is 0.979. The molecule has 5 rings (SSSR count). The number of hydrogen-bond acceptors (Lipinski definition) is 6. The van der Waals surface area contributed by atoms with E-state index in [1.165, 1.54) is 16.4 Å². The van der Waals surface area contributed by atoms with Crippen LogP contribution in [-0.4, -0.2) is 41.9 Å². The molecule has 0 atom stereocenters. The Morgan fingerprint density at radius 3 is 2.58 bits per heavy atom. The number of carbonyl (C=O) groups is 1. The second-order valence-corrected chi connectivity index (χ2v) is 8.29. The van der Waals surface area contributed by atoms with Crippen molar-refractivity contribution >= 4 is 38.3 Å². The van der Waals surface area contributed by atoms with Gasteiger partial charge in [-0.2, -0.15) is 0 Å². The van der Waals surface area contributed by atoms with Gasteiger partial charge in [-0.25, -0.2) is 17.4 Å². The summed E-state index contributed by atoms with van der Waals surface area (Å²) in [4.78, 5) is 16.8. The minimum atomic E-state index is -3.75. The average molecular weight is 369 g/mol. The van der Waals surface area contributed by atoms with Crippen molar-refractivity contribution in [2.45, 2.75) is 10.4 Å². The van der Waals surface area contributed by atoms with E-state index < -0.39 is 15.6 Å². The number of fused-ring (bicyclic) bond motifs is 3. The second kappa shape index (κ2) is 5.05. The van der Waals surface area contributed by atoms with Crippen molar-refractivity contribution in [3.63, 3.8) is 0 Å². The van der Waals surface area contributed by atoms with Gasteiger partial charge < -0.3 is 16.0 Å². The fraction of sp³-hybridized carbons (Fsp3) is 0.176. The molecule has 26 heavy (non-hydrogen) atoms. The lowest BCUT2D eigenvalue weighted by atomic mass is 9.88. The Bertz CT molecular complexity index is 1150. The molecule has 3 aromatic rings. The zero-order valence-electron chi connectivity index (χ0n) is 13.6. The van der Waals surface area contributed by atoms with Crippen LogP contribution in [0.25, 0.3) is 11.0 Å². The van der Waals surface area contributed by atoms with Crippen LogP contribution in [0.1, 0.15) is 0 Å². The Morgan fingerprint density at radius 1 is 1.12 bits per heavy atom. The predicted molar refractivity (Wildman–Crippen MR) is 96.6 cm³/mol. The summed E-state index contributed by atoms with van der Waals surface area (Å²) in [5, 5.41) is 9.88. The van der Waals surface area contributed by atoms with E-state index in [9.17, 15) is 13.2 Å². The molecule has 2 aromatic heterocycles. The molecule has 2 aliphatic heterocycles. The molecule has 3 N–H and O–H groups in total. The van der Waals surface area contributed by atoms with Gasteiger partial charge in [0.05, 0.1) is 22.5 Å². The Kier molecular flexibility index (Phi) is 2.98. The summed E-state index contributed by atoms with van der Waals surface area (Å²) >= 11 is 0. The van der Waals surface area contributed by atoms with E-state index in [2.05, 4.69) is 20.9 Å². The molecule has 132 valence electrons. The minimum Gasteiger partial charge on any atom is -0.367 e. The zero-order valence-corrected chi connectivity index (χ0v) is 14.4. The number of amides is 1. The fourth-order valence-electron chi connectivity index (χ4n) is 3.35. The summed E-state index contributed by atoms with van der Waals surface area (Å²) in [5.41, 5.74) is 0.869. The SMILES string of the molecule is O=C1Nc2cnc3c(ccn3S(=O)(=O)c3ccccc3)c2NC12CNC2. The third kappa shape index (κ3) is 1.95. The average Bonchev–Trinajstić information content (AvgIpc) is 3.05. The van der Waals surface area contributed by atoms with Crippen LogP contribution < -0.4 is 16.0 Å². The van der Waals surface area contributed by atoms with E-state index in [0.717, 1.165) is 0 Å². The van der Waals surface area contributed by atoms with E-state index in [1.54, 1.807) is 36.4 Å². The summed E-state index contributed by atoms with van der Waals surface area (Å²) in [7, 11) is -3.75. The molecule has 1 fully saturated rings. The largest absolute Gasteiger partial charge is 0.367 e. The van der Waals surface area contributed by atoms with Gasteiger partial charge in [0.15, 0.2) is 5.65 Å². The summed E-state index contributed by atoms with van der Waals surface area (Å²) in [6.07, 6.45) is 2.97. The molecule has 8 nitrogen and oxygen atoms in total. The van der Waals surface area contributed by atoms with Crippen LogP contribution in [0.3, 0.4) is 0 Å². The van der Waals surface area contributed by atoms with E-state index in [4.69, 9.17) is 0 Å². The number of aromatic nitrogens is 2. The minimum absolute atomic E-state index is 0.110. The van der Waals surface area contributed by atoms with Crippen molar-refractivity contribution in [2.24, 2.45) is 0 Å². The molecule has 0 radical (unpaired) electrons. The number of nitrogens with zero attached hydrogens (tertiary/aromatic N) is 2. The lowest BCUT2D eigenvalue weighted by molar-refractivity contribution is -0.122. The Morgan fingerprint density at radius 2 is 1.88 bits per heavy atom. The number of pyridine rings is 1. The number of nitrogens with one attached hydrogen (secondary N) is 3. The summed E-state index contributed by atoms with van der Waals surface area (Å²) < 4.78 is 27.1. The number of carbonyl (C=O) groups excluding carboxylic acids is 1. The van der Waals surface area contributed by atoms with Gasteiger partial charge in [-0.15, -0.1) is 0 Å². The van der Waals surface area contributed by atoms with Crippen molar-refractivity contribution in [1.29, 1.82) is 0 Å². The van der Waals surface area contributed by atoms with Crippen molar-refractivity contribution in [1.82, 2.24) is 14.3 Å². The molecule has 0 unspecified atom stereocenters. The first kappa shape index (κ1) is 15.4. The van der Waals surface area contributed by atoms with Gasteiger partial charge in [0.25, 0.3) is 15.9 Å². The van der Waals surface area contributed by atoms with E-state index >= 15 is 0 Å². The van der Waals surface area contributed by atoms with Crippen molar-refractivity contribution < 1.29 is 13.2 Å². The maximum atomic E-state index is 12.9. The third-order valence-corrected chi connectivity index (χ3v) is 6.56. The molecule has 2 aliphatic rings. The Hall–Kier alpha value is -2.91.